The van der Waals surface area contributed by atoms with E-state index in [4.69, 9.17) is 4.74 Å². The lowest BCUT2D eigenvalue weighted by Crippen LogP contribution is -2.65. The minimum atomic E-state index is -0.510. The molecule has 3 heterocycles. The second-order valence-corrected chi connectivity index (χ2v) is 5.43. The summed E-state index contributed by atoms with van der Waals surface area (Å²) in [5, 5.41) is 2.88. The molecule has 90 valence electrons. The molecule has 0 saturated carbocycles. The van der Waals surface area contributed by atoms with E-state index in [1.165, 1.54) is 0 Å². The summed E-state index contributed by atoms with van der Waals surface area (Å²) >= 11 is 0. The summed E-state index contributed by atoms with van der Waals surface area (Å²) in [5.41, 5.74) is -0.510. The summed E-state index contributed by atoms with van der Waals surface area (Å²) < 4.78 is 5.29. The molecule has 0 radical (unpaired) electrons. The molecule has 3 fully saturated rings. The van der Waals surface area contributed by atoms with E-state index < -0.39 is 5.60 Å². The normalized spacial score (nSPS) is 28.9. The average Bonchev–Trinajstić information content (AvgIpc) is 2.15. The molecule has 2 unspecified atom stereocenters. The third-order valence-corrected chi connectivity index (χ3v) is 2.86. The van der Waals surface area contributed by atoms with Crippen molar-refractivity contribution in [2.24, 2.45) is 0 Å². The smallest absolute Gasteiger partial charge is 0.411 e. The predicted octanol–water partition coefficient (Wildman–Crippen LogP) is 0.884. The number of nitrogens with zero attached hydrogens (tertiary/aromatic N) is 1. The number of ether oxygens (including phenoxy) is 1. The van der Waals surface area contributed by atoms with Crippen molar-refractivity contribution in [3.05, 3.63) is 0 Å². The Kier molecular flexibility index (Phi) is 2.56. The van der Waals surface area contributed by atoms with Gasteiger partial charge < -0.3 is 10.1 Å². The van der Waals surface area contributed by atoms with Crippen LogP contribution in [0.5, 0.6) is 0 Å². The first-order valence-corrected chi connectivity index (χ1v) is 5.67. The van der Waals surface area contributed by atoms with E-state index in [0.717, 1.165) is 12.8 Å². The van der Waals surface area contributed by atoms with Gasteiger partial charge in [-0.2, -0.15) is 0 Å². The molecule has 3 aliphatic heterocycles. The van der Waals surface area contributed by atoms with Crippen molar-refractivity contribution >= 4 is 12.0 Å². The number of nitrogens with one attached hydrogen (secondary N) is 1. The van der Waals surface area contributed by atoms with Crippen LogP contribution in [0.2, 0.25) is 0 Å². The van der Waals surface area contributed by atoms with Crippen LogP contribution in [0.3, 0.4) is 0 Å². The molecule has 3 aliphatic rings. The lowest BCUT2D eigenvalue weighted by atomic mass is 9.93. The number of amides is 2. The van der Waals surface area contributed by atoms with Crippen LogP contribution < -0.4 is 5.32 Å². The largest absolute Gasteiger partial charge is 0.444 e. The van der Waals surface area contributed by atoms with Crippen molar-refractivity contribution in [2.75, 3.05) is 6.54 Å². The number of piperidine rings is 2. The van der Waals surface area contributed by atoms with Crippen LogP contribution in [0, 0.1) is 0 Å². The van der Waals surface area contributed by atoms with E-state index >= 15 is 0 Å². The highest BCUT2D eigenvalue weighted by Gasteiger charge is 2.43. The highest BCUT2D eigenvalue weighted by atomic mass is 16.6. The molecule has 2 amide bonds. The number of hydrogen-bond acceptors (Lipinski definition) is 3. The van der Waals surface area contributed by atoms with Crippen molar-refractivity contribution in [3.63, 3.8) is 0 Å². The van der Waals surface area contributed by atoms with Crippen LogP contribution in [0.15, 0.2) is 0 Å². The fourth-order valence-electron chi connectivity index (χ4n) is 2.18. The Morgan fingerprint density at radius 3 is 2.62 bits per heavy atom. The lowest BCUT2D eigenvalue weighted by Gasteiger charge is -2.44. The van der Waals surface area contributed by atoms with Gasteiger partial charge in [0.2, 0.25) is 5.91 Å². The summed E-state index contributed by atoms with van der Waals surface area (Å²) in [6.07, 6.45) is 1.32. The van der Waals surface area contributed by atoms with Gasteiger partial charge in [0.1, 0.15) is 11.6 Å². The van der Waals surface area contributed by atoms with Gasteiger partial charge in [-0.1, -0.05) is 0 Å². The van der Waals surface area contributed by atoms with Gasteiger partial charge in [0.05, 0.1) is 0 Å². The van der Waals surface area contributed by atoms with Crippen molar-refractivity contribution in [1.29, 1.82) is 0 Å². The SMILES string of the molecule is CC(C)(C)OC(=O)N1CC2CCC1C(=O)N2. The molecule has 0 aromatic rings. The second-order valence-electron chi connectivity index (χ2n) is 5.43. The summed E-state index contributed by atoms with van der Waals surface area (Å²) in [5.74, 6) is -0.0478. The first-order chi connectivity index (χ1) is 7.37. The number of fused-ring (bicyclic) bond motifs is 3. The molecule has 1 N–H and O–H groups in total. The molecule has 5 heteroatoms. The number of piperazine rings is 1. The fourth-order valence-corrected chi connectivity index (χ4v) is 2.18. The Labute approximate surface area is 95.1 Å². The highest BCUT2D eigenvalue weighted by Crippen LogP contribution is 2.24. The zero-order valence-electron chi connectivity index (χ0n) is 9.95. The molecule has 16 heavy (non-hydrogen) atoms. The average molecular weight is 226 g/mol. The molecule has 0 aromatic heterocycles. The van der Waals surface area contributed by atoms with Crippen LogP contribution in [-0.4, -0.2) is 41.1 Å². The molecular formula is C11H18N2O3. The molecule has 3 saturated heterocycles. The third kappa shape index (κ3) is 2.13. The highest BCUT2D eigenvalue weighted by molar-refractivity contribution is 5.88. The molecular weight excluding hydrogens is 208 g/mol. The van der Waals surface area contributed by atoms with Crippen molar-refractivity contribution < 1.29 is 14.3 Å². The maximum atomic E-state index is 11.9. The van der Waals surface area contributed by atoms with Gasteiger partial charge in [-0.25, -0.2) is 4.79 Å². The molecule has 2 atom stereocenters. The second kappa shape index (κ2) is 3.64. The summed E-state index contributed by atoms with van der Waals surface area (Å²) in [6, 6.07) is -0.232. The lowest BCUT2D eigenvalue weighted by molar-refractivity contribution is -0.134. The Balaban J connectivity index is 2.05. The summed E-state index contributed by atoms with van der Waals surface area (Å²) in [7, 11) is 0. The first kappa shape index (κ1) is 11.2. The fraction of sp³-hybridized carbons (Fsp3) is 0.818. The molecule has 0 spiro atoms. The first-order valence-electron chi connectivity index (χ1n) is 5.67. The Bertz CT molecular complexity index is 322. The summed E-state index contributed by atoms with van der Waals surface area (Å²) in [6.45, 7) is 6.05. The minimum Gasteiger partial charge on any atom is -0.444 e. The molecule has 5 nitrogen and oxygen atoms in total. The molecule has 0 aliphatic carbocycles. The Morgan fingerprint density at radius 1 is 1.44 bits per heavy atom. The van der Waals surface area contributed by atoms with Gasteiger partial charge in [-0.05, 0) is 33.6 Å². The number of carbonyl (C=O) groups excluding carboxylic acids is 2. The molecule has 0 aromatic carbocycles. The van der Waals surface area contributed by atoms with Gasteiger partial charge in [-0.15, -0.1) is 0 Å². The number of rotatable bonds is 0. The van der Waals surface area contributed by atoms with Gasteiger partial charge >= 0.3 is 6.09 Å². The molecule has 3 rings (SSSR count). The Hall–Kier alpha value is -1.26. The van der Waals surface area contributed by atoms with E-state index in [0.29, 0.717) is 6.54 Å². The van der Waals surface area contributed by atoms with E-state index in [1.807, 2.05) is 20.8 Å². The monoisotopic (exact) mass is 226 g/mol. The zero-order valence-corrected chi connectivity index (χ0v) is 9.95. The van der Waals surface area contributed by atoms with E-state index in [9.17, 15) is 9.59 Å². The van der Waals surface area contributed by atoms with Gasteiger partial charge in [0, 0.05) is 12.6 Å². The number of carbonyl (C=O) groups is 2. The van der Waals surface area contributed by atoms with Gasteiger partial charge in [0.15, 0.2) is 0 Å². The van der Waals surface area contributed by atoms with Crippen molar-refractivity contribution in [2.45, 2.75) is 51.3 Å². The van der Waals surface area contributed by atoms with Crippen molar-refractivity contribution in [1.82, 2.24) is 10.2 Å². The quantitative estimate of drug-likeness (QED) is 0.667. The van der Waals surface area contributed by atoms with E-state index in [1.54, 1.807) is 4.90 Å². The minimum absolute atomic E-state index is 0.0478. The van der Waals surface area contributed by atoms with E-state index in [-0.39, 0.29) is 24.1 Å². The van der Waals surface area contributed by atoms with Gasteiger partial charge in [-0.3, -0.25) is 9.69 Å². The standard InChI is InChI=1S/C11H18N2O3/c1-11(2,3)16-10(15)13-6-7-4-5-8(13)9(14)12-7/h7-8H,4-6H2,1-3H3,(H,12,14). The Morgan fingerprint density at radius 2 is 2.12 bits per heavy atom. The topological polar surface area (TPSA) is 58.6 Å². The van der Waals surface area contributed by atoms with Crippen LogP contribution in [0.1, 0.15) is 33.6 Å². The van der Waals surface area contributed by atoms with Crippen LogP contribution in [-0.2, 0) is 9.53 Å². The van der Waals surface area contributed by atoms with Gasteiger partial charge in [0.25, 0.3) is 0 Å². The number of hydrogen-bond donors (Lipinski definition) is 1. The summed E-state index contributed by atoms with van der Waals surface area (Å²) in [4.78, 5) is 25.0. The zero-order chi connectivity index (χ0) is 11.9. The molecule has 2 bridgehead atoms. The maximum Gasteiger partial charge on any atom is 0.411 e. The third-order valence-electron chi connectivity index (χ3n) is 2.86. The van der Waals surface area contributed by atoms with Crippen LogP contribution in [0.25, 0.3) is 0 Å². The predicted molar refractivity (Wildman–Crippen MR) is 57.9 cm³/mol. The van der Waals surface area contributed by atoms with Crippen molar-refractivity contribution in [3.8, 4) is 0 Å². The van der Waals surface area contributed by atoms with Crippen LogP contribution in [0.4, 0.5) is 4.79 Å². The van der Waals surface area contributed by atoms with E-state index in [2.05, 4.69) is 5.32 Å². The maximum absolute atomic E-state index is 11.9. The van der Waals surface area contributed by atoms with Crippen LogP contribution >= 0.6 is 0 Å².